The maximum atomic E-state index is 12.5. The van der Waals surface area contributed by atoms with Gasteiger partial charge in [0.15, 0.2) is 8.68 Å². The highest BCUT2D eigenvalue weighted by Crippen LogP contribution is 2.39. The molecule has 134 valence electrons. The van der Waals surface area contributed by atoms with E-state index in [9.17, 15) is 9.59 Å². The standard InChI is InChI=1S/C15H18N4O2S4/c1-3-22-14-18-19-15(25-14)23-7(2)12(21)17-13-10(11(16)20)8-5-4-6-9(8)24-13/h7H,3-6H2,1-2H3,(H2,16,20)(H,17,21)/t7-/m1/s1. The molecule has 2 aromatic heterocycles. The van der Waals surface area contributed by atoms with Crippen LogP contribution in [0.1, 0.15) is 41.1 Å². The average molecular weight is 415 g/mol. The van der Waals surface area contributed by atoms with E-state index in [0.717, 1.165) is 44.1 Å². The zero-order chi connectivity index (χ0) is 18.0. The Balaban J connectivity index is 1.68. The molecule has 1 atom stereocenters. The molecule has 10 heteroatoms. The minimum atomic E-state index is -0.472. The number of aryl methyl sites for hydroxylation is 1. The molecule has 25 heavy (non-hydrogen) atoms. The molecular formula is C15H18N4O2S4. The van der Waals surface area contributed by atoms with Crippen LogP contribution in [-0.4, -0.2) is 33.0 Å². The van der Waals surface area contributed by atoms with Gasteiger partial charge in [-0.1, -0.05) is 41.8 Å². The number of fused-ring (bicyclic) bond motifs is 1. The van der Waals surface area contributed by atoms with Gasteiger partial charge in [0.05, 0.1) is 10.8 Å². The van der Waals surface area contributed by atoms with Crippen LogP contribution in [0.25, 0.3) is 0 Å². The molecule has 0 spiro atoms. The van der Waals surface area contributed by atoms with Crippen LogP contribution in [0.3, 0.4) is 0 Å². The molecule has 0 radical (unpaired) electrons. The monoisotopic (exact) mass is 414 g/mol. The number of nitrogens with one attached hydrogen (secondary N) is 1. The highest BCUT2D eigenvalue weighted by atomic mass is 32.2. The van der Waals surface area contributed by atoms with Gasteiger partial charge in [-0.2, -0.15) is 0 Å². The van der Waals surface area contributed by atoms with Crippen molar-refractivity contribution in [2.24, 2.45) is 5.73 Å². The Bertz CT molecular complexity index is 802. The van der Waals surface area contributed by atoms with Gasteiger partial charge >= 0.3 is 0 Å². The predicted molar refractivity (Wildman–Crippen MR) is 105 cm³/mol. The molecule has 0 fully saturated rings. The Kier molecular flexibility index (Phi) is 6.03. The molecule has 0 saturated heterocycles. The number of hydrogen-bond donors (Lipinski definition) is 2. The summed E-state index contributed by atoms with van der Waals surface area (Å²) < 4.78 is 1.67. The molecule has 3 rings (SSSR count). The van der Waals surface area contributed by atoms with Crippen LogP contribution >= 0.6 is 46.2 Å². The Labute approximate surface area is 162 Å². The van der Waals surface area contributed by atoms with Gasteiger partial charge in [0.25, 0.3) is 5.91 Å². The fourth-order valence-electron chi connectivity index (χ4n) is 2.60. The zero-order valence-electron chi connectivity index (χ0n) is 13.8. The number of anilines is 1. The van der Waals surface area contributed by atoms with Crippen LogP contribution in [0.5, 0.6) is 0 Å². The van der Waals surface area contributed by atoms with Crippen molar-refractivity contribution >= 4 is 63.0 Å². The van der Waals surface area contributed by atoms with Gasteiger partial charge < -0.3 is 11.1 Å². The number of primary amides is 1. The highest BCUT2D eigenvalue weighted by molar-refractivity contribution is 8.03. The van der Waals surface area contributed by atoms with Gasteiger partial charge in [0.1, 0.15) is 5.00 Å². The van der Waals surface area contributed by atoms with Crippen molar-refractivity contribution in [3.8, 4) is 0 Å². The van der Waals surface area contributed by atoms with Crippen LogP contribution in [0.2, 0.25) is 0 Å². The highest BCUT2D eigenvalue weighted by Gasteiger charge is 2.27. The molecule has 2 amide bonds. The molecule has 3 N–H and O–H groups in total. The van der Waals surface area contributed by atoms with E-state index in [1.54, 1.807) is 11.8 Å². The smallest absolute Gasteiger partial charge is 0.251 e. The first kappa shape index (κ1) is 18.7. The van der Waals surface area contributed by atoms with E-state index in [4.69, 9.17) is 5.73 Å². The molecule has 0 saturated carbocycles. The fraction of sp³-hybridized carbons (Fsp3) is 0.467. The lowest BCUT2D eigenvalue weighted by atomic mass is 10.1. The van der Waals surface area contributed by atoms with Gasteiger partial charge in [0.2, 0.25) is 5.91 Å². The SMILES string of the molecule is CCSc1nnc(S[C@H](C)C(=O)Nc2sc3c(c2C(N)=O)CCC3)s1. The molecular weight excluding hydrogens is 396 g/mol. The molecule has 0 unspecified atom stereocenters. The average Bonchev–Trinajstić information content (AvgIpc) is 3.23. The molecule has 1 aliphatic carbocycles. The van der Waals surface area contributed by atoms with E-state index in [1.165, 1.54) is 34.4 Å². The van der Waals surface area contributed by atoms with E-state index in [0.29, 0.717) is 10.6 Å². The van der Waals surface area contributed by atoms with E-state index >= 15 is 0 Å². The molecule has 1 aliphatic rings. The largest absolute Gasteiger partial charge is 0.365 e. The third-order valence-electron chi connectivity index (χ3n) is 3.71. The third kappa shape index (κ3) is 4.18. The Morgan fingerprint density at radius 3 is 2.76 bits per heavy atom. The van der Waals surface area contributed by atoms with Crippen molar-refractivity contribution in [2.75, 3.05) is 11.1 Å². The van der Waals surface area contributed by atoms with Crippen molar-refractivity contribution < 1.29 is 9.59 Å². The maximum Gasteiger partial charge on any atom is 0.251 e. The summed E-state index contributed by atoms with van der Waals surface area (Å²) in [5.74, 6) is 0.307. The number of nitrogens with two attached hydrogens (primary N) is 1. The van der Waals surface area contributed by atoms with E-state index in [-0.39, 0.29) is 11.2 Å². The van der Waals surface area contributed by atoms with E-state index in [1.807, 2.05) is 6.92 Å². The summed E-state index contributed by atoms with van der Waals surface area (Å²) in [5, 5.41) is 11.3. The van der Waals surface area contributed by atoms with Crippen LogP contribution in [-0.2, 0) is 17.6 Å². The number of nitrogens with zero attached hydrogens (tertiary/aromatic N) is 2. The molecule has 2 aromatic rings. The number of aromatic nitrogens is 2. The number of carbonyl (C=O) groups excluding carboxylic acids is 2. The normalized spacial score (nSPS) is 14.3. The molecule has 0 aromatic carbocycles. The summed E-state index contributed by atoms with van der Waals surface area (Å²) in [5.41, 5.74) is 7.03. The minimum absolute atomic E-state index is 0.160. The quantitative estimate of drug-likeness (QED) is 0.674. The van der Waals surface area contributed by atoms with Gasteiger partial charge in [-0.25, -0.2) is 0 Å². The van der Waals surface area contributed by atoms with Gasteiger partial charge in [0, 0.05) is 4.88 Å². The Morgan fingerprint density at radius 2 is 2.04 bits per heavy atom. The number of thioether (sulfide) groups is 2. The fourth-order valence-corrected chi connectivity index (χ4v) is 6.96. The minimum Gasteiger partial charge on any atom is -0.365 e. The predicted octanol–water partition coefficient (Wildman–Crippen LogP) is 3.42. The number of rotatable bonds is 7. The second kappa shape index (κ2) is 8.07. The first-order valence-corrected chi connectivity index (χ1v) is 11.4. The summed E-state index contributed by atoms with van der Waals surface area (Å²) in [6.45, 7) is 3.88. The van der Waals surface area contributed by atoms with Crippen molar-refractivity contribution in [1.82, 2.24) is 10.2 Å². The molecule has 2 heterocycles. The summed E-state index contributed by atoms with van der Waals surface area (Å²) in [6, 6.07) is 0. The van der Waals surface area contributed by atoms with Gasteiger partial charge in [-0.15, -0.1) is 21.5 Å². The number of hydrogen-bond acceptors (Lipinski definition) is 8. The summed E-state index contributed by atoms with van der Waals surface area (Å²) in [7, 11) is 0. The Morgan fingerprint density at radius 1 is 1.28 bits per heavy atom. The van der Waals surface area contributed by atoms with Gasteiger partial charge in [-0.3, -0.25) is 9.59 Å². The summed E-state index contributed by atoms with van der Waals surface area (Å²) in [4.78, 5) is 25.5. The van der Waals surface area contributed by atoms with E-state index in [2.05, 4.69) is 22.4 Å². The number of carbonyl (C=O) groups is 2. The van der Waals surface area contributed by atoms with Crippen LogP contribution < -0.4 is 11.1 Å². The lowest BCUT2D eigenvalue weighted by Gasteiger charge is -2.10. The van der Waals surface area contributed by atoms with Crippen molar-refractivity contribution in [3.63, 3.8) is 0 Å². The lowest BCUT2D eigenvalue weighted by molar-refractivity contribution is -0.115. The summed E-state index contributed by atoms with van der Waals surface area (Å²) >= 11 is 5.96. The zero-order valence-corrected chi connectivity index (χ0v) is 17.1. The van der Waals surface area contributed by atoms with Crippen LogP contribution in [0.4, 0.5) is 5.00 Å². The van der Waals surface area contributed by atoms with Crippen molar-refractivity contribution in [3.05, 3.63) is 16.0 Å². The number of thiophene rings is 1. The van der Waals surface area contributed by atoms with Crippen molar-refractivity contribution in [1.29, 1.82) is 0 Å². The second-order valence-corrected chi connectivity index (χ2v) is 10.6. The Hall–Kier alpha value is -1.10. The molecule has 0 bridgehead atoms. The molecule has 6 nitrogen and oxygen atoms in total. The van der Waals surface area contributed by atoms with Crippen LogP contribution in [0.15, 0.2) is 8.68 Å². The topological polar surface area (TPSA) is 98.0 Å². The number of amides is 2. The molecule has 0 aliphatic heterocycles. The van der Waals surface area contributed by atoms with E-state index < -0.39 is 5.91 Å². The maximum absolute atomic E-state index is 12.5. The first-order chi connectivity index (χ1) is 12.0. The van der Waals surface area contributed by atoms with Crippen molar-refractivity contribution in [2.45, 2.75) is 47.0 Å². The first-order valence-electron chi connectivity index (χ1n) is 7.87. The third-order valence-corrected chi connectivity index (χ3v) is 8.04. The second-order valence-electron chi connectivity index (χ2n) is 5.44. The summed E-state index contributed by atoms with van der Waals surface area (Å²) in [6.07, 6.45) is 2.84. The van der Waals surface area contributed by atoms with Gasteiger partial charge in [-0.05, 0) is 37.5 Å². The van der Waals surface area contributed by atoms with Crippen LogP contribution in [0, 0.1) is 0 Å². The lowest BCUT2D eigenvalue weighted by Crippen LogP contribution is -2.24.